The van der Waals surface area contributed by atoms with Crippen LogP contribution in [0, 0.1) is 0 Å². The number of carbonyl (C=O) groups excluding carboxylic acids is 6. The third-order valence-corrected chi connectivity index (χ3v) is 14.5. The number of unbranched alkanes of at least 4 members (excludes halogenated alkanes) is 4. The van der Waals surface area contributed by atoms with Crippen molar-refractivity contribution in [1.29, 1.82) is 0 Å². The maximum absolute atomic E-state index is 13.7. The SMILES string of the molecule is CCCCCNC(=O)OCCn1nnc2c1-c1ccccc1CN(C(=O)CCNC(=O)CCOCCOC)c1ccccc1-2.CCCCCNC(=O)OCCn1nnc2c1-c1ccccc1N(C(=O)CCNC(=O)CCOCCOC)Cc1ccccc1-2. The first-order valence-corrected chi connectivity index (χ1v) is 30.4. The van der Waals surface area contributed by atoms with Gasteiger partial charge < -0.3 is 59.5 Å². The first-order chi connectivity index (χ1) is 43.1. The Hall–Kier alpha value is -8.58. The van der Waals surface area contributed by atoms with Crippen molar-refractivity contribution in [2.75, 3.05) is 103 Å². The van der Waals surface area contributed by atoms with Gasteiger partial charge in [-0.3, -0.25) is 19.2 Å². The van der Waals surface area contributed by atoms with Crippen LogP contribution in [-0.4, -0.2) is 159 Å². The summed E-state index contributed by atoms with van der Waals surface area (Å²) >= 11 is 0. The highest BCUT2D eigenvalue weighted by Crippen LogP contribution is 2.43. The summed E-state index contributed by atoms with van der Waals surface area (Å²) in [6.07, 6.45) is 5.84. The minimum Gasteiger partial charge on any atom is -0.448 e. The zero-order chi connectivity index (χ0) is 62.3. The largest absolute Gasteiger partial charge is 0.448 e. The molecule has 4 N–H and O–H groups in total. The van der Waals surface area contributed by atoms with E-state index in [1.165, 1.54) is 0 Å². The number of hydrogen-bond acceptors (Lipinski definition) is 16. The number of hydrogen-bond donors (Lipinski definition) is 4. The molecule has 88 heavy (non-hydrogen) atoms. The molecule has 6 amide bonds. The molecule has 0 saturated carbocycles. The van der Waals surface area contributed by atoms with Gasteiger partial charge in [0.05, 0.1) is 88.6 Å². The van der Waals surface area contributed by atoms with Gasteiger partial charge in [-0.15, -0.1) is 10.2 Å². The zero-order valence-corrected chi connectivity index (χ0v) is 51.1. The molecule has 2 aliphatic heterocycles. The van der Waals surface area contributed by atoms with Crippen molar-refractivity contribution in [3.63, 3.8) is 0 Å². The Kier molecular flexibility index (Phi) is 27.8. The van der Waals surface area contributed by atoms with Crippen LogP contribution in [0.5, 0.6) is 0 Å². The Bertz CT molecular complexity index is 3200. The summed E-state index contributed by atoms with van der Waals surface area (Å²) in [4.78, 5) is 79.6. The second-order valence-corrected chi connectivity index (χ2v) is 20.8. The van der Waals surface area contributed by atoms with E-state index in [-0.39, 0.29) is 88.8 Å². The number of rotatable bonds is 32. The number of benzene rings is 4. The molecule has 2 aliphatic rings. The number of anilines is 2. The Balaban J connectivity index is 0.000000251. The monoisotopic (exact) mass is 1210 g/mol. The quantitative estimate of drug-likeness (QED) is 0.0293. The number of ether oxygens (including phenoxy) is 6. The number of aromatic nitrogens is 6. The minimum absolute atomic E-state index is 0.110. The van der Waals surface area contributed by atoms with E-state index in [2.05, 4.69) is 55.7 Å². The van der Waals surface area contributed by atoms with E-state index in [0.29, 0.717) is 88.5 Å². The highest BCUT2D eigenvalue weighted by Gasteiger charge is 2.31. The highest BCUT2D eigenvalue weighted by atomic mass is 16.6. The fraction of sp³-hybridized carbons (Fsp3) is 0.469. The summed E-state index contributed by atoms with van der Waals surface area (Å²) in [6, 6.07) is 30.9. The molecule has 24 heteroatoms. The first kappa shape index (κ1) is 66.9. The molecular weight excluding hydrogens is 1130 g/mol. The fourth-order valence-electron chi connectivity index (χ4n) is 9.95. The van der Waals surface area contributed by atoms with Crippen molar-refractivity contribution in [3.8, 4) is 45.0 Å². The average Bonchev–Trinajstić information content (AvgIpc) is 1.57. The van der Waals surface area contributed by atoms with Gasteiger partial charge in [0.25, 0.3) is 0 Å². The summed E-state index contributed by atoms with van der Waals surface area (Å²) in [7, 11) is 3.18. The van der Waals surface area contributed by atoms with Crippen LogP contribution in [0.25, 0.3) is 45.0 Å². The molecule has 0 radical (unpaired) electrons. The minimum atomic E-state index is -0.461. The molecule has 24 nitrogen and oxygen atoms in total. The molecule has 2 aromatic heterocycles. The molecule has 0 aliphatic carbocycles. The standard InChI is InChI=1S/2C32H42N6O6/c1-3-4-9-16-34-32(41)44-20-18-38-31-25-11-6-5-10-24(25)23-37(27-13-8-7-12-26(27)30(31)35-36-38)29(40)14-17-33-28(39)15-19-43-22-21-42-2;1-3-4-9-16-34-32(41)44-20-18-38-31-26-12-7-8-13-27(26)37(23-24-10-5-6-11-25(24)30(31)35-36-38)29(40)14-17-33-28(39)15-19-43-22-21-42-2/h2*5-8,10-13H,3-4,9,14-23H2,1-2H3,(H,33,39)(H,34,41). The van der Waals surface area contributed by atoms with E-state index >= 15 is 0 Å². The maximum Gasteiger partial charge on any atom is 0.407 e. The molecule has 0 unspecified atom stereocenters. The Morgan fingerprint density at radius 2 is 0.864 bits per heavy atom. The molecule has 6 aromatic rings. The molecule has 4 heterocycles. The predicted molar refractivity (Wildman–Crippen MR) is 332 cm³/mol. The van der Waals surface area contributed by atoms with Crippen molar-refractivity contribution < 1.29 is 57.2 Å². The number of nitrogens with one attached hydrogen (secondary N) is 4. The molecule has 472 valence electrons. The van der Waals surface area contributed by atoms with Crippen molar-refractivity contribution in [2.24, 2.45) is 0 Å². The van der Waals surface area contributed by atoms with Crippen LogP contribution in [0.1, 0.15) is 89.2 Å². The molecule has 0 atom stereocenters. The van der Waals surface area contributed by atoms with Gasteiger partial charge in [0.2, 0.25) is 23.6 Å². The van der Waals surface area contributed by atoms with Gasteiger partial charge >= 0.3 is 12.2 Å². The van der Waals surface area contributed by atoms with Crippen LogP contribution in [-0.2, 0) is 73.8 Å². The van der Waals surface area contributed by atoms with Gasteiger partial charge in [0.1, 0.15) is 24.6 Å². The van der Waals surface area contributed by atoms with Crippen LogP contribution >= 0.6 is 0 Å². The molecule has 4 aromatic carbocycles. The highest BCUT2D eigenvalue weighted by molar-refractivity contribution is 6.01. The third-order valence-electron chi connectivity index (χ3n) is 14.5. The van der Waals surface area contributed by atoms with E-state index in [1.807, 2.05) is 97.1 Å². The summed E-state index contributed by atoms with van der Waals surface area (Å²) in [5.41, 5.74) is 9.45. The summed E-state index contributed by atoms with van der Waals surface area (Å²) in [6.45, 7) is 9.70. The number of methoxy groups -OCH3 is 2. The summed E-state index contributed by atoms with van der Waals surface area (Å²) < 4.78 is 34.9. The lowest BCUT2D eigenvalue weighted by atomic mass is 9.95. The van der Waals surface area contributed by atoms with Gasteiger partial charge in [-0.1, -0.05) is 135 Å². The number of para-hydroxylation sites is 2. The van der Waals surface area contributed by atoms with Crippen molar-refractivity contribution in [2.45, 2.75) is 104 Å². The van der Waals surface area contributed by atoms with Crippen molar-refractivity contribution in [1.82, 2.24) is 51.3 Å². The van der Waals surface area contributed by atoms with Gasteiger partial charge in [-0.05, 0) is 36.1 Å². The Labute approximate surface area is 514 Å². The second kappa shape index (κ2) is 36.5. The lowest BCUT2D eigenvalue weighted by molar-refractivity contribution is -0.124. The van der Waals surface area contributed by atoms with Crippen molar-refractivity contribution in [3.05, 3.63) is 108 Å². The van der Waals surface area contributed by atoms with Crippen LogP contribution in [0.15, 0.2) is 97.1 Å². The van der Waals surface area contributed by atoms with Crippen molar-refractivity contribution >= 4 is 47.2 Å². The first-order valence-electron chi connectivity index (χ1n) is 30.4. The topological polar surface area (TPSA) is 274 Å². The van der Waals surface area contributed by atoms with Gasteiger partial charge in [-0.25, -0.2) is 19.0 Å². The van der Waals surface area contributed by atoms with Crippen LogP contribution in [0.3, 0.4) is 0 Å². The van der Waals surface area contributed by atoms with Crippen LogP contribution in [0.4, 0.5) is 21.0 Å². The van der Waals surface area contributed by atoms with E-state index in [4.69, 9.17) is 28.4 Å². The number of fused-ring (bicyclic) bond motifs is 10. The Morgan fingerprint density at radius 1 is 0.443 bits per heavy atom. The van der Waals surface area contributed by atoms with Crippen LogP contribution in [0.2, 0.25) is 0 Å². The van der Waals surface area contributed by atoms with E-state index in [9.17, 15) is 28.8 Å². The number of nitrogens with zero attached hydrogens (tertiary/aromatic N) is 8. The molecular formula is C64H84N12O12. The zero-order valence-electron chi connectivity index (χ0n) is 51.1. The molecule has 0 bridgehead atoms. The fourth-order valence-corrected chi connectivity index (χ4v) is 9.95. The summed E-state index contributed by atoms with van der Waals surface area (Å²) in [5, 5.41) is 29.1. The average molecular weight is 1210 g/mol. The maximum atomic E-state index is 13.7. The lowest BCUT2D eigenvalue weighted by Gasteiger charge is -2.29. The summed E-state index contributed by atoms with van der Waals surface area (Å²) in [5.74, 6) is -0.606. The van der Waals surface area contributed by atoms with Gasteiger partial charge in [-0.2, -0.15) is 0 Å². The lowest BCUT2D eigenvalue weighted by Crippen LogP contribution is -2.35. The molecule has 0 fully saturated rings. The molecule has 8 rings (SSSR count). The number of alkyl carbamates (subject to hydrolysis) is 2. The van der Waals surface area contributed by atoms with Gasteiger partial charge in [0, 0.05) is 88.3 Å². The molecule has 0 spiro atoms. The Morgan fingerprint density at radius 3 is 1.36 bits per heavy atom. The van der Waals surface area contributed by atoms with E-state index in [1.54, 1.807) is 33.4 Å². The van der Waals surface area contributed by atoms with E-state index < -0.39 is 12.2 Å². The normalized spacial score (nSPS) is 11.9. The second-order valence-electron chi connectivity index (χ2n) is 20.8. The molecule has 0 saturated heterocycles. The van der Waals surface area contributed by atoms with Gasteiger partial charge in [0.15, 0.2) is 0 Å². The third kappa shape index (κ3) is 19.7. The number of carbonyl (C=O) groups is 6. The van der Waals surface area contributed by atoms with Crippen LogP contribution < -0.4 is 31.1 Å². The predicted octanol–water partition coefficient (Wildman–Crippen LogP) is 7.87. The van der Waals surface area contributed by atoms with E-state index in [0.717, 1.165) is 83.3 Å². The smallest absolute Gasteiger partial charge is 0.407 e. The number of amides is 6.